The van der Waals surface area contributed by atoms with E-state index in [0.29, 0.717) is 44.0 Å². The van der Waals surface area contributed by atoms with Gasteiger partial charge in [0.1, 0.15) is 0 Å². The van der Waals surface area contributed by atoms with Gasteiger partial charge in [-0.15, -0.1) is 0 Å². The maximum atomic E-state index is 13.7. The highest BCUT2D eigenvalue weighted by atomic mass is 16.6. The lowest BCUT2D eigenvalue weighted by Crippen LogP contribution is -2.22. The number of rotatable bonds is 3. The summed E-state index contributed by atoms with van der Waals surface area (Å²) in [6.45, 7) is 3.19. The van der Waals surface area contributed by atoms with Gasteiger partial charge in [0.15, 0.2) is 0 Å². The summed E-state index contributed by atoms with van der Waals surface area (Å²) in [6.07, 6.45) is 0. The zero-order valence-electron chi connectivity index (χ0n) is 19.7. The Morgan fingerprint density at radius 3 is 1.78 bits per heavy atom. The molecular weight excluding hydrogens is 474 g/mol. The van der Waals surface area contributed by atoms with Crippen LogP contribution in [0.4, 0.5) is 5.69 Å². The zero-order valence-corrected chi connectivity index (χ0v) is 19.7. The summed E-state index contributed by atoms with van der Waals surface area (Å²) in [7, 11) is 0. The van der Waals surface area contributed by atoms with Crippen molar-refractivity contribution in [3.05, 3.63) is 109 Å². The van der Waals surface area contributed by atoms with Gasteiger partial charge in [0.05, 0.1) is 16.3 Å². The predicted molar refractivity (Wildman–Crippen MR) is 141 cm³/mol. The lowest BCUT2D eigenvalue weighted by molar-refractivity contribution is -0.385. The van der Waals surface area contributed by atoms with Crippen LogP contribution in [0.25, 0.3) is 43.7 Å². The van der Waals surface area contributed by atoms with E-state index in [1.54, 1.807) is 68.4 Å². The second kappa shape index (κ2) is 7.66. The molecule has 2 aromatic heterocycles. The average molecular weight is 493 g/mol. The Labute approximate surface area is 208 Å². The van der Waals surface area contributed by atoms with Gasteiger partial charge in [-0.25, -0.2) is 9.13 Å². The Bertz CT molecular complexity index is 2040. The van der Waals surface area contributed by atoms with Crippen molar-refractivity contribution >= 4 is 38.0 Å². The topological polar surface area (TPSA) is 128 Å². The molecule has 0 radical (unpaired) electrons. The number of aromatic hydroxyl groups is 2. The average Bonchev–Trinajstić information content (AvgIpc) is 2.88. The third-order valence-electron chi connectivity index (χ3n) is 6.90. The van der Waals surface area contributed by atoms with E-state index in [4.69, 9.17) is 0 Å². The molecule has 4 aromatic carbocycles. The fourth-order valence-electron chi connectivity index (χ4n) is 5.16. The van der Waals surface area contributed by atoms with Gasteiger partial charge < -0.3 is 10.2 Å². The van der Waals surface area contributed by atoms with Crippen molar-refractivity contribution < 1.29 is 15.1 Å². The van der Waals surface area contributed by atoms with Crippen LogP contribution >= 0.6 is 0 Å². The zero-order chi connectivity index (χ0) is 26.2. The molecule has 182 valence electrons. The number of nitro groups is 1. The highest BCUT2D eigenvalue weighted by molar-refractivity contribution is 6.24. The molecule has 9 heteroatoms. The van der Waals surface area contributed by atoms with E-state index < -0.39 is 16.0 Å². The van der Waals surface area contributed by atoms with Crippen LogP contribution in [0.1, 0.15) is 11.1 Å². The van der Waals surface area contributed by atoms with E-state index in [0.717, 1.165) is 4.57 Å². The first-order valence-electron chi connectivity index (χ1n) is 11.4. The summed E-state index contributed by atoms with van der Waals surface area (Å²) in [4.78, 5) is 38.1. The molecule has 6 aromatic rings. The Morgan fingerprint density at radius 2 is 1.22 bits per heavy atom. The maximum Gasteiger partial charge on any atom is 0.272 e. The van der Waals surface area contributed by atoms with Crippen molar-refractivity contribution in [3.8, 4) is 23.1 Å². The second-order valence-corrected chi connectivity index (χ2v) is 9.02. The van der Waals surface area contributed by atoms with Crippen LogP contribution in [0, 0.1) is 24.0 Å². The van der Waals surface area contributed by atoms with Crippen LogP contribution < -0.4 is 11.1 Å². The molecule has 2 heterocycles. The normalized spacial score (nSPS) is 11.6. The molecule has 0 spiro atoms. The van der Waals surface area contributed by atoms with Gasteiger partial charge in [0.2, 0.25) is 11.8 Å². The number of aryl methyl sites for hydroxylation is 2. The summed E-state index contributed by atoms with van der Waals surface area (Å²) in [6, 6.07) is 17.9. The van der Waals surface area contributed by atoms with E-state index in [2.05, 4.69) is 0 Å². The third kappa shape index (κ3) is 2.97. The van der Waals surface area contributed by atoms with Crippen LogP contribution in [-0.4, -0.2) is 24.3 Å². The van der Waals surface area contributed by atoms with Crippen LogP contribution in [0.15, 0.2) is 76.3 Å². The molecule has 0 aliphatic carbocycles. The molecule has 0 saturated heterocycles. The first-order valence-corrected chi connectivity index (χ1v) is 11.4. The van der Waals surface area contributed by atoms with Crippen LogP contribution in [0.3, 0.4) is 0 Å². The minimum absolute atomic E-state index is 0.0865. The molecule has 37 heavy (non-hydrogen) atoms. The SMILES string of the molecule is Cc1cc([N+](=O)[O-])c(C)cc1-n1c(O)c2ccc3c(=O)n(-c4ccccc4)c(O)c4ccc(c1=O)c2c43. The molecule has 0 atom stereocenters. The Hall–Kier alpha value is -5.18. The molecule has 0 bridgehead atoms. The van der Waals surface area contributed by atoms with Crippen LogP contribution in [0.2, 0.25) is 0 Å². The Balaban J connectivity index is 1.74. The van der Waals surface area contributed by atoms with Crippen molar-refractivity contribution in [2.75, 3.05) is 0 Å². The largest absolute Gasteiger partial charge is 0.494 e. The first-order chi connectivity index (χ1) is 17.7. The fourth-order valence-corrected chi connectivity index (χ4v) is 5.16. The summed E-state index contributed by atoms with van der Waals surface area (Å²) in [5, 5.41) is 35.7. The first kappa shape index (κ1) is 22.3. The van der Waals surface area contributed by atoms with Gasteiger partial charge in [-0.1, -0.05) is 18.2 Å². The molecular formula is C28H19N3O6. The smallest absolute Gasteiger partial charge is 0.272 e. The number of aromatic nitrogens is 2. The summed E-state index contributed by atoms with van der Waals surface area (Å²) in [5.74, 6) is -0.640. The van der Waals surface area contributed by atoms with Gasteiger partial charge in [-0.3, -0.25) is 19.7 Å². The van der Waals surface area contributed by atoms with E-state index >= 15 is 0 Å². The molecule has 6 rings (SSSR count). The second-order valence-electron chi connectivity index (χ2n) is 9.02. The number of nitrogens with zero attached hydrogens (tertiary/aromatic N) is 3. The monoisotopic (exact) mass is 493 g/mol. The van der Waals surface area contributed by atoms with Gasteiger partial charge in [0.25, 0.3) is 16.8 Å². The number of hydrogen-bond donors (Lipinski definition) is 2. The number of hydrogen-bond acceptors (Lipinski definition) is 6. The summed E-state index contributed by atoms with van der Waals surface area (Å²) < 4.78 is 2.33. The van der Waals surface area contributed by atoms with Crippen molar-refractivity contribution in [2.45, 2.75) is 13.8 Å². The number of benzene rings is 4. The quantitative estimate of drug-likeness (QED) is 0.207. The fraction of sp³-hybridized carbons (Fsp3) is 0.0714. The minimum atomic E-state index is -0.553. The van der Waals surface area contributed by atoms with Crippen molar-refractivity contribution in [3.63, 3.8) is 0 Å². The molecule has 2 N–H and O–H groups in total. The highest BCUT2D eigenvalue weighted by Gasteiger charge is 2.24. The summed E-state index contributed by atoms with van der Waals surface area (Å²) in [5.41, 5.74) is 0.476. The number of nitro benzene ring substituents is 1. The standard InChI is InChI=1S/C28H19N3O6/c1-14-13-22(31(36)37)15(2)12-21(14)30-27(34)19-10-8-17-23-18(9-11-20(24(19)23)28(30)35)26(33)29(25(17)32)16-6-4-3-5-7-16/h3-13,32,35H,1-2H3. The van der Waals surface area contributed by atoms with Gasteiger partial charge >= 0.3 is 0 Å². The van der Waals surface area contributed by atoms with Crippen molar-refractivity contribution in [1.82, 2.24) is 9.13 Å². The number of pyridine rings is 2. The van der Waals surface area contributed by atoms with E-state index in [9.17, 15) is 29.9 Å². The van der Waals surface area contributed by atoms with Gasteiger partial charge in [0, 0.05) is 43.9 Å². The molecule has 0 unspecified atom stereocenters. The van der Waals surface area contributed by atoms with Crippen LogP contribution in [-0.2, 0) is 0 Å². The molecule has 0 aliphatic heterocycles. The molecule has 0 fully saturated rings. The predicted octanol–water partition coefficient (Wildman–Crippen LogP) is 4.82. The van der Waals surface area contributed by atoms with Gasteiger partial charge in [-0.05, 0) is 61.9 Å². The molecule has 0 saturated carbocycles. The molecule has 0 aliphatic rings. The van der Waals surface area contributed by atoms with Crippen molar-refractivity contribution in [1.29, 1.82) is 0 Å². The van der Waals surface area contributed by atoms with Gasteiger partial charge in [-0.2, -0.15) is 0 Å². The molecule has 9 nitrogen and oxygen atoms in total. The Kier molecular flexibility index (Phi) is 4.61. The van der Waals surface area contributed by atoms with Crippen molar-refractivity contribution in [2.24, 2.45) is 0 Å². The number of para-hydroxylation sites is 1. The van der Waals surface area contributed by atoms with E-state index in [1.807, 2.05) is 0 Å². The Morgan fingerprint density at radius 1 is 0.703 bits per heavy atom. The molecule has 0 amide bonds. The minimum Gasteiger partial charge on any atom is -0.494 e. The lowest BCUT2D eigenvalue weighted by atomic mass is 9.96. The van der Waals surface area contributed by atoms with Crippen LogP contribution in [0.5, 0.6) is 11.8 Å². The third-order valence-corrected chi connectivity index (χ3v) is 6.90. The lowest BCUT2D eigenvalue weighted by Gasteiger charge is -2.19. The highest BCUT2D eigenvalue weighted by Crippen LogP contribution is 2.40. The summed E-state index contributed by atoms with van der Waals surface area (Å²) >= 11 is 0. The maximum absolute atomic E-state index is 13.7. The van der Waals surface area contributed by atoms with E-state index in [1.165, 1.54) is 16.7 Å². The van der Waals surface area contributed by atoms with E-state index in [-0.39, 0.29) is 28.2 Å².